The van der Waals surface area contributed by atoms with Crippen LogP contribution in [0.2, 0.25) is 0 Å². The van der Waals surface area contributed by atoms with Gasteiger partial charge in [-0.1, -0.05) is 22.0 Å². The van der Waals surface area contributed by atoms with E-state index in [0.717, 1.165) is 37.3 Å². The molecule has 2 N–H and O–H groups in total. The van der Waals surface area contributed by atoms with Crippen LogP contribution in [0.15, 0.2) is 22.7 Å². The molecule has 1 aromatic rings. The molecule has 1 heterocycles. The van der Waals surface area contributed by atoms with Crippen molar-refractivity contribution in [3.8, 4) is 0 Å². The van der Waals surface area contributed by atoms with Crippen molar-refractivity contribution in [2.75, 3.05) is 26.3 Å². The van der Waals surface area contributed by atoms with Crippen molar-refractivity contribution >= 4 is 15.9 Å². The lowest BCUT2D eigenvalue weighted by Gasteiger charge is -2.24. The molecule has 0 saturated carbocycles. The van der Waals surface area contributed by atoms with Crippen LogP contribution in [0.1, 0.15) is 11.1 Å². The van der Waals surface area contributed by atoms with Crippen LogP contribution < -0.4 is 10.6 Å². The van der Waals surface area contributed by atoms with E-state index in [1.54, 1.807) is 0 Å². The van der Waals surface area contributed by atoms with Gasteiger partial charge >= 0.3 is 0 Å². The van der Waals surface area contributed by atoms with Crippen molar-refractivity contribution in [2.45, 2.75) is 19.5 Å². The van der Waals surface area contributed by atoms with Crippen molar-refractivity contribution < 1.29 is 4.74 Å². The third-order valence-corrected chi connectivity index (χ3v) is 3.51. The number of benzene rings is 1. The summed E-state index contributed by atoms with van der Waals surface area (Å²) < 4.78 is 6.56. The molecule has 1 aliphatic heterocycles. The van der Waals surface area contributed by atoms with Crippen LogP contribution in [0.4, 0.5) is 0 Å². The summed E-state index contributed by atoms with van der Waals surface area (Å²) >= 11 is 3.50. The first-order valence-electron chi connectivity index (χ1n) is 6.02. The van der Waals surface area contributed by atoms with Gasteiger partial charge in [0, 0.05) is 30.1 Å². The Morgan fingerprint density at radius 2 is 2.41 bits per heavy atom. The molecular formula is C13H19BrN2O. The van der Waals surface area contributed by atoms with Crippen LogP contribution in [0.25, 0.3) is 0 Å². The predicted molar refractivity (Wildman–Crippen MR) is 73.2 cm³/mol. The highest BCUT2D eigenvalue weighted by Gasteiger charge is 2.11. The van der Waals surface area contributed by atoms with E-state index < -0.39 is 0 Å². The molecule has 1 unspecified atom stereocenters. The van der Waals surface area contributed by atoms with Gasteiger partial charge in [0.05, 0.1) is 13.2 Å². The molecule has 0 radical (unpaired) electrons. The minimum absolute atomic E-state index is 0.441. The van der Waals surface area contributed by atoms with Crippen LogP contribution in [0.3, 0.4) is 0 Å². The van der Waals surface area contributed by atoms with Crippen molar-refractivity contribution in [1.29, 1.82) is 0 Å². The molecule has 3 nitrogen and oxygen atoms in total. The lowest BCUT2D eigenvalue weighted by Crippen LogP contribution is -2.47. The average Bonchev–Trinajstić information content (AvgIpc) is 2.35. The summed E-state index contributed by atoms with van der Waals surface area (Å²) in [6.07, 6.45) is 0. The maximum absolute atomic E-state index is 5.42. The Labute approximate surface area is 111 Å². The molecule has 1 aromatic carbocycles. The van der Waals surface area contributed by atoms with Crippen LogP contribution in [0, 0.1) is 6.92 Å². The van der Waals surface area contributed by atoms with Crippen LogP contribution in [-0.4, -0.2) is 32.3 Å². The second kappa shape index (κ2) is 6.50. The monoisotopic (exact) mass is 298 g/mol. The highest BCUT2D eigenvalue weighted by Crippen LogP contribution is 2.15. The fourth-order valence-electron chi connectivity index (χ4n) is 1.96. The molecule has 0 bridgehead atoms. The summed E-state index contributed by atoms with van der Waals surface area (Å²) in [4.78, 5) is 0. The zero-order valence-corrected chi connectivity index (χ0v) is 11.7. The number of hydrogen-bond donors (Lipinski definition) is 2. The van der Waals surface area contributed by atoms with Gasteiger partial charge in [-0.2, -0.15) is 0 Å². The predicted octanol–water partition coefficient (Wildman–Crippen LogP) is 1.84. The molecule has 1 fully saturated rings. The van der Waals surface area contributed by atoms with Gasteiger partial charge in [-0.15, -0.1) is 0 Å². The zero-order chi connectivity index (χ0) is 12.1. The largest absolute Gasteiger partial charge is 0.378 e. The van der Waals surface area contributed by atoms with Gasteiger partial charge in [0.1, 0.15) is 0 Å². The van der Waals surface area contributed by atoms with Gasteiger partial charge in [0.2, 0.25) is 0 Å². The topological polar surface area (TPSA) is 33.3 Å². The van der Waals surface area contributed by atoms with Crippen molar-refractivity contribution in [1.82, 2.24) is 10.6 Å². The number of hydrogen-bond acceptors (Lipinski definition) is 3. The highest BCUT2D eigenvalue weighted by molar-refractivity contribution is 9.10. The van der Waals surface area contributed by atoms with Crippen LogP contribution >= 0.6 is 15.9 Å². The molecule has 0 spiro atoms. The number of morpholine rings is 1. The standard InChI is InChI=1S/C13H19BrN2O/c1-10-2-3-12(14)6-11(10)7-15-8-13-9-17-5-4-16-13/h2-3,6,13,15-16H,4-5,7-9H2,1H3. The number of aryl methyl sites for hydroxylation is 1. The first-order chi connectivity index (χ1) is 8.25. The zero-order valence-electron chi connectivity index (χ0n) is 10.1. The Hall–Kier alpha value is -0.420. The fraction of sp³-hybridized carbons (Fsp3) is 0.538. The Kier molecular flexibility index (Phi) is 4.98. The molecule has 2 rings (SSSR count). The molecule has 1 atom stereocenters. The van der Waals surface area contributed by atoms with Crippen LogP contribution in [0.5, 0.6) is 0 Å². The SMILES string of the molecule is Cc1ccc(Br)cc1CNCC1COCCN1. The van der Waals surface area contributed by atoms with Gasteiger partial charge in [-0.3, -0.25) is 0 Å². The van der Waals surface area contributed by atoms with Gasteiger partial charge in [-0.25, -0.2) is 0 Å². The number of nitrogens with one attached hydrogen (secondary N) is 2. The normalized spacial score (nSPS) is 20.5. The molecule has 0 amide bonds. The summed E-state index contributed by atoms with van der Waals surface area (Å²) in [5, 5.41) is 6.91. The minimum Gasteiger partial charge on any atom is -0.378 e. The van der Waals surface area contributed by atoms with E-state index in [1.807, 2.05) is 0 Å². The Morgan fingerprint density at radius 3 is 3.18 bits per heavy atom. The summed E-state index contributed by atoms with van der Waals surface area (Å²) in [6, 6.07) is 6.84. The number of rotatable bonds is 4. The van der Waals surface area contributed by atoms with Gasteiger partial charge in [0.25, 0.3) is 0 Å². The first-order valence-corrected chi connectivity index (χ1v) is 6.82. The summed E-state index contributed by atoms with van der Waals surface area (Å²) in [5.74, 6) is 0. The molecule has 0 aromatic heterocycles. The number of ether oxygens (including phenoxy) is 1. The van der Waals surface area contributed by atoms with E-state index in [2.05, 4.69) is 51.7 Å². The van der Waals surface area contributed by atoms with Crippen molar-refractivity contribution in [2.24, 2.45) is 0 Å². The van der Waals surface area contributed by atoms with Crippen molar-refractivity contribution in [3.63, 3.8) is 0 Å². The van der Waals surface area contributed by atoms with E-state index in [0.29, 0.717) is 6.04 Å². The molecule has 94 valence electrons. The summed E-state index contributed by atoms with van der Waals surface area (Å²) in [7, 11) is 0. The highest BCUT2D eigenvalue weighted by atomic mass is 79.9. The smallest absolute Gasteiger partial charge is 0.0632 e. The molecule has 17 heavy (non-hydrogen) atoms. The average molecular weight is 299 g/mol. The maximum atomic E-state index is 5.42. The van der Waals surface area contributed by atoms with Gasteiger partial charge in [0.15, 0.2) is 0 Å². The number of halogens is 1. The minimum atomic E-state index is 0.441. The lowest BCUT2D eigenvalue weighted by molar-refractivity contribution is 0.0766. The molecule has 4 heteroatoms. The molecule has 0 aliphatic carbocycles. The Bertz CT molecular complexity index is 364. The van der Waals surface area contributed by atoms with Gasteiger partial charge < -0.3 is 15.4 Å². The van der Waals surface area contributed by atoms with Crippen molar-refractivity contribution in [3.05, 3.63) is 33.8 Å². The summed E-state index contributed by atoms with van der Waals surface area (Å²) in [5.41, 5.74) is 2.67. The van der Waals surface area contributed by atoms with E-state index in [9.17, 15) is 0 Å². The van der Waals surface area contributed by atoms with E-state index in [4.69, 9.17) is 4.74 Å². The Morgan fingerprint density at radius 1 is 1.53 bits per heavy atom. The molecule has 1 aliphatic rings. The quantitative estimate of drug-likeness (QED) is 0.890. The van der Waals surface area contributed by atoms with Crippen LogP contribution in [-0.2, 0) is 11.3 Å². The maximum Gasteiger partial charge on any atom is 0.0632 e. The second-order valence-electron chi connectivity index (χ2n) is 4.43. The Balaban J connectivity index is 1.79. The third-order valence-electron chi connectivity index (χ3n) is 3.02. The van der Waals surface area contributed by atoms with E-state index in [-0.39, 0.29) is 0 Å². The summed E-state index contributed by atoms with van der Waals surface area (Å²) in [6.45, 7) is 6.61. The molecular weight excluding hydrogens is 280 g/mol. The van der Waals surface area contributed by atoms with Gasteiger partial charge in [-0.05, 0) is 30.2 Å². The van der Waals surface area contributed by atoms with E-state index >= 15 is 0 Å². The third kappa shape index (κ3) is 4.07. The van der Waals surface area contributed by atoms with E-state index in [1.165, 1.54) is 11.1 Å². The second-order valence-corrected chi connectivity index (χ2v) is 5.34. The first kappa shape index (κ1) is 13.0. The molecule has 1 saturated heterocycles. The fourth-order valence-corrected chi connectivity index (χ4v) is 2.37. The lowest BCUT2D eigenvalue weighted by atomic mass is 10.1.